The highest BCUT2D eigenvalue weighted by atomic mass is 35.5. The van der Waals surface area contributed by atoms with Crippen LogP contribution in [0.15, 0.2) is 24.3 Å². The SMILES string of the molecule is Cc1cc(C(=O)CCC(=O)OC(C)C(=O)Nc2cccc(Cl)c2Cl)c(C)s1. The number of nitrogens with one attached hydrogen (secondary N) is 1. The molecule has 1 atom stereocenters. The first-order valence-electron chi connectivity index (χ1n) is 8.23. The zero-order chi connectivity index (χ0) is 20.1. The van der Waals surface area contributed by atoms with Crippen LogP contribution in [0.1, 0.15) is 39.9 Å². The fourth-order valence-electron chi connectivity index (χ4n) is 2.40. The van der Waals surface area contributed by atoms with Gasteiger partial charge in [-0.2, -0.15) is 0 Å². The first-order chi connectivity index (χ1) is 12.7. The Labute approximate surface area is 171 Å². The smallest absolute Gasteiger partial charge is 0.307 e. The summed E-state index contributed by atoms with van der Waals surface area (Å²) in [6, 6.07) is 6.64. The lowest BCUT2D eigenvalue weighted by Crippen LogP contribution is -2.30. The maximum absolute atomic E-state index is 12.2. The molecule has 144 valence electrons. The number of hydrogen-bond donors (Lipinski definition) is 1. The second-order valence-corrected chi connectivity index (χ2v) is 8.22. The summed E-state index contributed by atoms with van der Waals surface area (Å²) in [6.07, 6.45) is -1.10. The van der Waals surface area contributed by atoms with Crippen molar-refractivity contribution in [2.24, 2.45) is 0 Å². The number of esters is 1. The highest BCUT2D eigenvalue weighted by Gasteiger charge is 2.20. The van der Waals surface area contributed by atoms with Gasteiger partial charge in [-0.05, 0) is 39.0 Å². The number of ketones is 1. The summed E-state index contributed by atoms with van der Waals surface area (Å²) in [5, 5.41) is 3.07. The van der Waals surface area contributed by atoms with Gasteiger partial charge < -0.3 is 10.1 Å². The van der Waals surface area contributed by atoms with E-state index in [2.05, 4.69) is 5.32 Å². The number of Topliss-reactive ketones (excluding diaryl/α,β-unsaturated/α-hetero) is 1. The molecule has 5 nitrogen and oxygen atoms in total. The first-order valence-corrected chi connectivity index (χ1v) is 9.81. The molecule has 1 heterocycles. The van der Waals surface area contributed by atoms with Crippen LogP contribution in [0.3, 0.4) is 0 Å². The van der Waals surface area contributed by atoms with Crippen LogP contribution in [-0.2, 0) is 14.3 Å². The van der Waals surface area contributed by atoms with E-state index in [4.69, 9.17) is 27.9 Å². The Bertz CT molecular complexity index is 879. The van der Waals surface area contributed by atoms with Crippen LogP contribution in [0.2, 0.25) is 10.0 Å². The first kappa shape index (κ1) is 21.4. The van der Waals surface area contributed by atoms with Gasteiger partial charge in [0.05, 0.1) is 22.2 Å². The molecule has 1 unspecified atom stereocenters. The van der Waals surface area contributed by atoms with E-state index in [1.54, 1.807) is 18.2 Å². The van der Waals surface area contributed by atoms with Crippen molar-refractivity contribution in [3.8, 4) is 0 Å². The van der Waals surface area contributed by atoms with Crippen LogP contribution >= 0.6 is 34.5 Å². The number of aryl methyl sites for hydroxylation is 2. The third kappa shape index (κ3) is 5.79. The zero-order valence-corrected chi connectivity index (χ0v) is 17.4. The van der Waals surface area contributed by atoms with Crippen LogP contribution in [0.25, 0.3) is 0 Å². The Morgan fingerprint density at radius 2 is 1.89 bits per heavy atom. The van der Waals surface area contributed by atoms with E-state index in [1.807, 2.05) is 19.9 Å². The van der Waals surface area contributed by atoms with Crippen LogP contribution in [0.5, 0.6) is 0 Å². The second-order valence-electron chi connectivity index (χ2n) is 5.97. The molecule has 27 heavy (non-hydrogen) atoms. The number of carbonyl (C=O) groups is 3. The number of halogens is 2. The minimum Gasteiger partial charge on any atom is -0.453 e. The average molecular weight is 428 g/mol. The largest absolute Gasteiger partial charge is 0.453 e. The summed E-state index contributed by atoms with van der Waals surface area (Å²) in [7, 11) is 0. The van der Waals surface area contributed by atoms with Gasteiger partial charge in [-0.25, -0.2) is 0 Å². The van der Waals surface area contributed by atoms with Crippen LogP contribution < -0.4 is 5.32 Å². The number of hydrogen-bond acceptors (Lipinski definition) is 5. The van der Waals surface area contributed by atoms with Gasteiger partial charge in [0.2, 0.25) is 0 Å². The molecule has 2 aromatic rings. The van der Waals surface area contributed by atoms with Crippen molar-refractivity contribution in [2.75, 3.05) is 5.32 Å². The van der Waals surface area contributed by atoms with Crippen molar-refractivity contribution in [2.45, 2.75) is 39.7 Å². The number of rotatable bonds is 7. The molecule has 0 saturated heterocycles. The Morgan fingerprint density at radius 3 is 2.52 bits per heavy atom. The van der Waals surface area contributed by atoms with Gasteiger partial charge in [0.15, 0.2) is 11.9 Å². The van der Waals surface area contributed by atoms with Crippen molar-refractivity contribution >= 4 is 57.9 Å². The minimum absolute atomic E-state index is 0.0321. The van der Waals surface area contributed by atoms with Crippen LogP contribution in [0, 0.1) is 13.8 Å². The van der Waals surface area contributed by atoms with E-state index >= 15 is 0 Å². The van der Waals surface area contributed by atoms with Crippen molar-refractivity contribution < 1.29 is 19.1 Å². The minimum atomic E-state index is -1.03. The third-order valence-corrected chi connectivity index (χ3v) is 5.57. The molecular weight excluding hydrogens is 409 g/mol. The molecule has 2 rings (SSSR count). The lowest BCUT2D eigenvalue weighted by atomic mass is 10.1. The van der Waals surface area contributed by atoms with Crippen molar-refractivity contribution in [3.05, 3.63) is 49.6 Å². The second kappa shape index (κ2) is 9.35. The lowest BCUT2D eigenvalue weighted by Gasteiger charge is -2.14. The predicted molar refractivity (Wildman–Crippen MR) is 108 cm³/mol. The number of benzene rings is 1. The van der Waals surface area contributed by atoms with Gasteiger partial charge in [0.25, 0.3) is 5.91 Å². The molecule has 1 aromatic heterocycles. The van der Waals surface area contributed by atoms with Gasteiger partial charge in [0, 0.05) is 21.7 Å². The lowest BCUT2D eigenvalue weighted by molar-refractivity contribution is -0.153. The molecule has 0 aliphatic rings. The van der Waals surface area contributed by atoms with Gasteiger partial charge in [0.1, 0.15) is 0 Å². The van der Waals surface area contributed by atoms with E-state index in [1.165, 1.54) is 18.3 Å². The van der Waals surface area contributed by atoms with E-state index in [-0.39, 0.29) is 23.6 Å². The normalized spacial score (nSPS) is 11.7. The molecule has 0 fully saturated rings. The zero-order valence-electron chi connectivity index (χ0n) is 15.1. The Kier molecular flexibility index (Phi) is 7.41. The predicted octanol–water partition coefficient (Wildman–Crippen LogP) is 5.21. The summed E-state index contributed by atoms with van der Waals surface area (Å²) in [4.78, 5) is 38.3. The van der Waals surface area contributed by atoms with E-state index < -0.39 is 18.0 Å². The molecule has 0 saturated carbocycles. The van der Waals surface area contributed by atoms with E-state index in [9.17, 15) is 14.4 Å². The fraction of sp³-hybridized carbons (Fsp3) is 0.316. The van der Waals surface area contributed by atoms with Crippen molar-refractivity contribution in [1.29, 1.82) is 0 Å². The molecule has 0 spiro atoms. The van der Waals surface area contributed by atoms with E-state index in [0.717, 1.165) is 9.75 Å². The number of thiophene rings is 1. The molecule has 1 aromatic carbocycles. The van der Waals surface area contributed by atoms with Crippen LogP contribution in [-0.4, -0.2) is 23.8 Å². The number of anilines is 1. The fourth-order valence-corrected chi connectivity index (χ4v) is 3.69. The number of amides is 1. The molecule has 0 aliphatic heterocycles. The standard InChI is InChI=1S/C19H19Cl2NO4S/c1-10-9-13(12(3)27-10)16(23)7-8-17(24)26-11(2)19(25)22-15-6-4-5-14(20)18(15)21/h4-6,9,11H,7-8H2,1-3H3,(H,22,25). The van der Waals surface area contributed by atoms with Gasteiger partial charge in [-0.3, -0.25) is 14.4 Å². The molecule has 0 radical (unpaired) electrons. The third-order valence-electron chi connectivity index (χ3n) is 3.78. The van der Waals surface area contributed by atoms with Crippen LogP contribution in [0.4, 0.5) is 5.69 Å². The summed E-state index contributed by atoms with van der Waals surface area (Å²) in [6.45, 7) is 5.24. The number of ether oxygens (including phenoxy) is 1. The van der Waals surface area contributed by atoms with Gasteiger partial charge in [-0.1, -0.05) is 29.3 Å². The summed E-state index contributed by atoms with van der Waals surface area (Å²) in [5.41, 5.74) is 0.960. The van der Waals surface area contributed by atoms with Gasteiger partial charge in [-0.15, -0.1) is 11.3 Å². The number of carbonyl (C=O) groups excluding carboxylic acids is 3. The Morgan fingerprint density at radius 1 is 1.19 bits per heavy atom. The maximum atomic E-state index is 12.2. The molecule has 0 bridgehead atoms. The maximum Gasteiger partial charge on any atom is 0.307 e. The molecular formula is C19H19Cl2NO4S. The Hall–Kier alpha value is -1.89. The topological polar surface area (TPSA) is 72.5 Å². The van der Waals surface area contributed by atoms with Gasteiger partial charge >= 0.3 is 5.97 Å². The van der Waals surface area contributed by atoms with E-state index in [0.29, 0.717) is 16.3 Å². The van der Waals surface area contributed by atoms with Crippen molar-refractivity contribution in [1.82, 2.24) is 0 Å². The highest BCUT2D eigenvalue weighted by Crippen LogP contribution is 2.29. The molecule has 1 amide bonds. The molecule has 0 aliphatic carbocycles. The Balaban J connectivity index is 1.85. The quantitative estimate of drug-likeness (QED) is 0.486. The monoisotopic (exact) mass is 427 g/mol. The summed E-state index contributed by atoms with van der Waals surface area (Å²) in [5.74, 6) is -1.27. The summed E-state index contributed by atoms with van der Waals surface area (Å²) >= 11 is 13.4. The van der Waals surface area contributed by atoms with Crippen molar-refractivity contribution in [3.63, 3.8) is 0 Å². The molecule has 1 N–H and O–H groups in total. The summed E-state index contributed by atoms with van der Waals surface area (Å²) < 4.78 is 5.10. The molecule has 8 heteroatoms. The average Bonchev–Trinajstić information content (AvgIpc) is 2.95. The highest BCUT2D eigenvalue weighted by molar-refractivity contribution is 7.12.